The Morgan fingerprint density at radius 2 is 1.83 bits per heavy atom. The minimum Gasteiger partial charge on any atom is -0.465 e. The van der Waals surface area contributed by atoms with Crippen LogP contribution < -0.4 is 0 Å². The number of hydrogen-bond donors (Lipinski definition) is 0. The van der Waals surface area contributed by atoms with Crippen LogP contribution in [0.4, 0.5) is 0 Å². The van der Waals surface area contributed by atoms with Crippen molar-refractivity contribution in [3.05, 3.63) is 29.3 Å². The van der Waals surface area contributed by atoms with Crippen LogP contribution in [0.15, 0.2) is 23.1 Å². The molecule has 0 heterocycles. The number of esters is 1. The van der Waals surface area contributed by atoms with Crippen molar-refractivity contribution in [2.75, 3.05) is 7.11 Å². The summed E-state index contributed by atoms with van der Waals surface area (Å²) in [6.07, 6.45) is 0. The van der Waals surface area contributed by atoms with Gasteiger partial charge in [0.05, 0.1) is 17.6 Å². The highest BCUT2D eigenvalue weighted by Gasteiger charge is 2.29. The standard InChI is InChI=1S/C12H15ClO4S/c1-12(2,3)8-6-5-7-9(18(13,15)16)10(8)11(14)17-4/h5-7H,1-4H3. The molecule has 18 heavy (non-hydrogen) atoms. The van der Waals surface area contributed by atoms with E-state index in [0.29, 0.717) is 5.56 Å². The smallest absolute Gasteiger partial charge is 0.339 e. The second-order valence-electron chi connectivity index (χ2n) is 4.86. The number of hydrogen-bond acceptors (Lipinski definition) is 4. The first-order valence-electron chi connectivity index (χ1n) is 5.25. The number of methoxy groups -OCH3 is 1. The van der Waals surface area contributed by atoms with E-state index in [-0.39, 0.29) is 10.5 Å². The number of rotatable bonds is 2. The fourth-order valence-electron chi connectivity index (χ4n) is 1.67. The van der Waals surface area contributed by atoms with E-state index < -0.39 is 20.4 Å². The Labute approximate surface area is 111 Å². The van der Waals surface area contributed by atoms with Crippen molar-refractivity contribution in [2.24, 2.45) is 0 Å². The van der Waals surface area contributed by atoms with Gasteiger partial charge < -0.3 is 4.74 Å². The highest BCUT2D eigenvalue weighted by atomic mass is 35.7. The molecule has 1 aromatic carbocycles. The summed E-state index contributed by atoms with van der Waals surface area (Å²) in [4.78, 5) is 11.6. The largest absolute Gasteiger partial charge is 0.465 e. The van der Waals surface area contributed by atoms with Gasteiger partial charge in [0.1, 0.15) is 0 Å². The Bertz CT molecular complexity index is 570. The normalized spacial score (nSPS) is 12.3. The van der Waals surface area contributed by atoms with E-state index in [1.165, 1.54) is 13.2 Å². The van der Waals surface area contributed by atoms with Crippen LogP contribution in [0.1, 0.15) is 36.7 Å². The van der Waals surface area contributed by atoms with Crippen LogP contribution in [0.2, 0.25) is 0 Å². The van der Waals surface area contributed by atoms with Crippen molar-refractivity contribution in [1.82, 2.24) is 0 Å². The molecule has 0 aliphatic rings. The number of ether oxygens (including phenoxy) is 1. The fourth-order valence-corrected chi connectivity index (χ4v) is 2.74. The van der Waals surface area contributed by atoms with Gasteiger partial charge in [0.2, 0.25) is 0 Å². The fraction of sp³-hybridized carbons (Fsp3) is 0.417. The summed E-state index contributed by atoms with van der Waals surface area (Å²) in [5.41, 5.74) is 0.180. The summed E-state index contributed by atoms with van der Waals surface area (Å²) in [7, 11) is 2.55. The van der Waals surface area contributed by atoms with E-state index in [4.69, 9.17) is 10.7 Å². The van der Waals surface area contributed by atoms with Gasteiger partial charge in [-0.3, -0.25) is 0 Å². The molecule has 0 atom stereocenters. The molecule has 0 aliphatic carbocycles. The van der Waals surface area contributed by atoms with Gasteiger partial charge in [0, 0.05) is 10.7 Å². The summed E-state index contributed by atoms with van der Waals surface area (Å²) in [6.45, 7) is 5.62. The third-order valence-corrected chi connectivity index (χ3v) is 3.85. The molecule has 4 nitrogen and oxygen atoms in total. The Balaban J connectivity index is 3.72. The maximum absolute atomic E-state index is 11.8. The first-order chi connectivity index (χ1) is 8.09. The van der Waals surface area contributed by atoms with Gasteiger partial charge >= 0.3 is 5.97 Å². The van der Waals surface area contributed by atoms with Crippen molar-refractivity contribution in [3.63, 3.8) is 0 Å². The molecule has 100 valence electrons. The van der Waals surface area contributed by atoms with Gasteiger partial charge in [-0.2, -0.15) is 0 Å². The molecule has 0 amide bonds. The van der Waals surface area contributed by atoms with E-state index in [1.54, 1.807) is 12.1 Å². The van der Waals surface area contributed by atoms with Crippen molar-refractivity contribution in [3.8, 4) is 0 Å². The Morgan fingerprint density at radius 1 is 1.28 bits per heavy atom. The van der Waals surface area contributed by atoms with Crippen LogP contribution in [-0.2, 0) is 19.2 Å². The van der Waals surface area contributed by atoms with Gasteiger partial charge in [-0.1, -0.05) is 32.9 Å². The SMILES string of the molecule is COC(=O)c1c(C(C)(C)C)cccc1S(=O)(=O)Cl. The number of carbonyl (C=O) groups is 1. The average Bonchev–Trinajstić information content (AvgIpc) is 2.24. The molecule has 0 bridgehead atoms. The summed E-state index contributed by atoms with van der Waals surface area (Å²) >= 11 is 0. The van der Waals surface area contributed by atoms with Crippen LogP contribution in [-0.4, -0.2) is 21.5 Å². The second kappa shape index (κ2) is 4.90. The maximum Gasteiger partial charge on any atom is 0.339 e. The third kappa shape index (κ3) is 3.03. The van der Waals surface area contributed by atoms with E-state index in [2.05, 4.69) is 4.74 Å². The Hall–Kier alpha value is -1.07. The lowest BCUT2D eigenvalue weighted by molar-refractivity contribution is 0.0593. The molecule has 1 rings (SSSR count). The molecular formula is C12H15ClO4S. The molecule has 0 N–H and O–H groups in total. The lowest BCUT2D eigenvalue weighted by atomic mass is 9.84. The highest BCUT2D eigenvalue weighted by Crippen LogP contribution is 2.31. The first-order valence-corrected chi connectivity index (χ1v) is 7.56. The zero-order valence-corrected chi connectivity index (χ0v) is 12.2. The molecule has 0 aliphatic heterocycles. The van der Waals surface area contributed by atoms with E-state index in [9.17, 15) is 13.2 Å². The molecule has 6 heteroatoms. The van der Waals surface area contributed by atoms with Gasteiger partial charge in [0.25, 0.3) is 9.05 Å². The van der Waals surface area contributed by atoms with Crippen molar-refractivity contribution < 1.29 is 17.9 Å². The minimum atomic E-state index is -4.00. The maximum atomic E-state index is 11.8. The van der Waals surface area contributed by atoms with Crippen LogP contribution in [0.5, 0.6) is 0 Å². The highest BCUT2D eigenvalue weighted by molar-refractivity contribution is 8.13. The molecule has 0 unspecified atom stereocenters. The zero-order valence-electron chi connectivity index (χ0n) is 10.7. The summed E-state index contributed by atoms with van der Waals surface area (Å²) in [5, 5.41) is 0. The van der Waals surface area contributed by atoms with Crippen LogP contribution >= 0.6 is 10.7 Å². The van der Waals surface area contributed by atoms with Gasteiger partial charge in [0.15, 0.2) is 0 Å². The van der Waals surface area contributed by atoms with Gasteiger partial charge in [-0.15, -0.1) is 0 Å². The summed E-state index contributed by atoms with van der Waals surface area (Å²) in [5.74, 6) is -0.709. The van der Waals surface area contributed by atoms with E-state index >= 15 is 0 Å². The third-order valence-electron chi connectivity index (χ3n) is 2.49. The molecule has 0 fully saturated rings. The predicted octanol–water partition coefficient (Wildman–Crippen LogP) is 2.70. The first kappa shape index (κ1) is 15.0. The molecule has 0 saturated carbocycles. The van der Waals surface area contributed by atoms with Crippen LogP contribution in [0.3, 0.4) is 0 Å². The topological polar surface area (TPSA) is 60.4 Å². The van der Waals surface area contributed by atoms with Crippen LogP contribution in [0, 0.1) is 0 Å². The summed E-state index contributed by atoms with van der Waals surface area (Å²) in [6, 6.07) is 4.55. The number of benzene rings is 1. The molecule has 0 aromatic heterocycles. The lowest BCUT2D eigenvalue weighted by Crippen LogP contribution is -2.20. The van der Waals surface area contributed by atoms with Crippen molar-refractivity contribution in [2.45, 2.75) is 31.1 Å². The quantitative estimate of drug-likeness (QED) is 0.621. The second-order valence-corrected chi connectivity index (χ2v) is 7.39. The van der Waals surface area contributed by atoms with Crippen molar-refractivity contribution in [1.29, 1.82) is 0 Å². The van der Waals surface area contributed by atoms with Crippen LogP contribution in [0.25, 0.3) is 0 Å². The molecular weight excluding hydrogens is 276 g/mol. The predicted molar refractivity (Wildman–Crippen MR) is 69.5 cm³/mol. The summed E-state index contributed by atoms with van der Waals surface area (Å²) < 4.78 is 27.7. The minimum absolute atomic E-state index is 0.00231. The Morgan fingerprint density at radius 3 is 2.22 bits per heavy atom. The number of carbonyl (C=O) groups excluding carboxylic acids is 1. The van der Waals surface area contributed by atoms with Gasteiger partial charge in [-0.05, 0) is 17.0 Å². The molecule has 0 radical (unpaired) electrons. The number of halogens is 1. The zero-order chi connectivity index (χ0) is 14.1. The average molecular weight is 291 g/mol. The van der Waals surface area contributed by atoms with E-state index in [0.717, 1.165) is 0 Å². The van der Waals surface area contributed by atoms with E-state index in [1.807, 2.05) is 20.8 Å². The monoisotopic (exact) mass is 290 g/mol. The molecule has 1 aromatic rings. The Kier molecular flexibility index (Phi) is 4.08. The molecule has 0 saturated heterocycles. The lowest BCUT2D eigenvalue weighted by Gasteiger charge is -2.23. The van der Waals surface area contributed by atoms with Crippen molar-refractivity contribution >= 4 is 25.7 Å². The molecule has 0 spiro atoms. The van der Waals surface area contributed by atoms with Gasteiger partial charge in [-0.25, -0.2) is 13.2 Å².